The van der Waals surface area contributed by atoms with E-state index in [1.165, 1.54) is 0 Å². The number of aryl methyl sites for hydroxylation is 2. The van der Waals surface area contributed by atoms with Gasteiger partial charge in [-0.15, -0.1) is 0 Å². The first-order valence-corrected chi connectivity index (χ1v) is 7.37. The van der Waals surface area contributed by atoms with Gasteiger partial charge in [-0.25, -0.2) is 4.79 Å². The lowest BCUT2D eigenvalue weighted by Crippen LogP contribution is -2.20. The molecule has 2 aromatic heterocycles. The summed E-state index contributed by atoms with van der Waals surface area (Å²) in [5.74, 6) is -0.440. The normalized spacial score (nSPS) is 12.9. The van der Waals surface area contributed by atoms with Crippen LogP contribution in [0.25, 0.3) is 11.1 Å². The molecule has 0 saturated carbocycles. The number of H-pyrrole nitrogens is 1. The molecule has 0 aliphatic heterocycles. The summed E-state index contributed by atoms with van der Waals surface area (Å²) >= 11 is 6.25. The summed E-state index contributed by atoms with van der Waals surface area (Å²) in [5, 5.41) is 8.39. The fourth-order valence-corrected chi connectivity index (χ4v) is 2.70. The lowest BCUT2D eigenvalue weighted by molar-refractivity contribution is 0.541. The maximum absolute atomic E-state index is 11.2. The van der Waals surface area contributed by atoms with Crippen LogP contribution in [-0.4, -0.2) is 14.8 Å². The molecule has 0 fully saturated rings. The predicted molar refractivity (Wildman–Crippen MR) is 85.0 cm³/mol. The SMILES string of the molecule is Cc1nn(C)c(CNC(C)c2ccc3[nH]c(=O)oc3c2)c1Cl. The van der Waals surface area contributed by atoms with Crippen molar-refractivity contribution < 1.29 is 4.42 Å². The summed E-state index contributed by atoms with van der Waals surface area (Å²) in [7, 11) is 1.88. The van der Waals surface area contributed by atoms with E-state index < -0.39 is 5.76 Å². The summed E-state index contributed by atoms with van der Waals surface area (Å²) in [5.41, 5.74) is 4.06. The van der Waals surface area contributed by atoms with Crippen LogP contribution in [0.15, 0.2) is 27.4 Å². The number of hydrogen-bond acceptors (Lipinski definition) is 4. The van der Waals surface area contributed by atoms with Crippen LogP contribution in [0.2, 0.25) is 5.02 Å². The highest BCUT2D eigenvalue weighted by Gasteiger charge is 2.13. The maximum Gasteiger partial charge on any atom is 0.417 e. The average molecular weight is 321 g/mol. The molecular formula is C15H17ClN4O2. The molecule has 0 bridgehead atoms. The Labute approximate surface area is 132 Å². The third-order valence-corrected chi connectivity index (χ3v) is 4.27. The first-order valence-electron chi connectivity index (χ1n) is 7.00. The van der Waals surface area contributed by atoms with Gasteiger partial charge in [0.1, 0.15) is 0 Å². The molecule has 0 amide bonds. The van der Waals surface area contributed by atoms with E-state index >= 15 is 0 Å². The highest BCUT2D eigenvalue weighted by Crippen LogP contribution is 2.22. The molecular weight excluding hydrogens is 304 g/mol. The van der Waals surface area contributed by atoms with Crippen molar-refractivity contribution in [2.45, 2.75) is 26.4 Å². The smallest absolute Gasteiger partial charge is 0.408 e. The first kappa shape index (κ1) is 14.9. The van der Waals surface area contributed by atoms with E-state index in [0.29, 0.717) is 22.7 Å². The molecule has 1 atom stereocenters. The number of fused-ring (bicyclic) bond motifs is 1. The van der Waals surface area contributed by atoms with E-state index in [-0.39, 0.29) is 6.04 Å². The zero-order valence-corrected chi connectivity index (χ0v) is 13.4. The number of aromatic nitrogens is 3. The largest absolute Gasteiger partial charge is 0.417 e. The number of oxazole rings is 1. The van der Waals surface area contributed by atoms with Crippen LogP contribution in [0.3, 0.4) is 0 Å². The van der Waals surface area contributed by atoms with E-state index in [1.54, 1.807) is 4.68 Å². The van der Waals surface area contributed by atoms with Gasteiger partial charge in [0.2, 0.25) is 0 Å². The molecule has 7 heteroatoms. The molecule has 1 aromatic carbocycles. The summed E-state index contributed by atoms with van der Waals surface area (Å²) < 4.78 is 6.87. The second-order valence-corrected chi connectivity index (χ2v) is 5.72. The summed E-state index contributed by atoms with van der Waals surface area (Å²) in [6, 6.07) is 5.74. The van der Waals surface area contributed by atoms with E-state index in [9.17, 15) is 4.79 Å². The van der Waals surface area contributed by atoms with E-state index in [4.69, 9.17) is 16.0 Å². The van der Waals surface area contributed by atoms with Crippen LogP contribution in [0, 0.1) is 6.92 Å². The van der Waals surface area contributed by atoms with Gasteiger partial charge >= 0.3 is 5.76 Å². The average Bonchev–Trinajstić information content (AvgIpc) is 2.95. The van der Waals surface area contributed by atoms with Gasteiger partial charge in [-0.1, -0.05) is 17.7 Å². The molecule has 2 heterocycles. The minimum atomic E-state index is -0.440. The van der Waals surface area contributed by atoms with Gasteiger partial charge in [0.15, 0.2) is 5.58 Å². The lowest BCUT2D eigenvalue weighted by atomic mass is 10.1. The number of aromatic amines is 1. The minimum absolute atomic E-state index is 0.0795. The van der Waals surface area contributed by atoms with Gasteiger partial charge in [-0.2, -0.15) is 5.10 Å². The van der Waals surface area contributed by atoms with Gasteiger partial charge in [-0.05, 0) is 31.5 Å². The number of nitrogens with one attached hydrogen (secondary N) is 2. The van der Waals surface area contributed by atoms with Crippen molar-refractivity contribution in [1.29, 1.82) is 0 Å². The maximum atomic E-state index is 11.2. The number of hydrogen-bond donors (Lipinski definition) is 2. The van der Waals surface area contributed by atoms with E-state index in [0.717, 1.165) is 17.0 Å². The van der Waals surface area contributed by atoms with Crippen molar-refractivity contribution in [3.8, 4) is 0 Å². The molecule has 1 unspecified atom stereocenters. The molecule has 3 aromatic rings. The standard InChI is InChI=1S/C15H17ClN4O2/c1-8(17-7-12-14(16)9(2)19-20(12)3)10-4-5-11-13(6-10)22-15(21)18-11/h4-6,8,17H,7H2,1-3H3,(H,18,21). The van der Waals surface area contributed by atoms with Crippen molar-refractivity contribution >= 4 is 22.7 Å². The zero-order valence-electron chi connectivity index (χ0n) is 12.6. The molecule has 0 radical (unpaired) electrons. The molecule has 6 nitrogen and oxygen atoms in total. The fraction of sp³-hybridized carbons (Fsp3) is 0.333. The summed E-state index contributed by atoms with van der Waals surface area (Å²) in [4.78, 5) is 13.8. The molecule has 116 valence electrons. The number of nitrogens with zero attached hydrogens (tertiary/aromatic N) is 2. The Bertz CT molecular complexity index is 877. The van der Waals surface area contributed by atoms with Gasteiger partial charge in [0.05, 0.1) is 21.9 Å². The third kappa shape index (κ3) is 2.67. The predicted octanol–water partition coefficient (Wildman–Crippen LogP) is 2.67. The topological polar surface area (TPSA) is 75.8 Å². The number of rotatable bonds is 4. The minimum Gasteiger partial charge on any atom is -0.408 e. The molecule has 22 heavy (non-hydrogen) atoms. The van der Waals surface area contributed by atoms with Crippen LogP contribution >= 0.6 is 11.6 Å². The Balaban J connectivity index is 1.78. The van der Waals surface area contributed by atoms with Gasteiger partial charge in [0, 0.05) is 19.6 Å². The fourth-order valence-electron chi connectivity index (χ4n) is 2.47. The highest BCUT2D eigenvalue weighted by molar-refractivity contribution is 6.31. The second-order valence-electron chi connectivity index (χ2n) is 5.34. The number of benzene rings is 1. The molecule has 0 aliphatic carbocycles. The Hall–Kier alpha value is -2.05. The third-order valence-electron chi connectivity index (χ3n) is 3.78. The quantitative estimate of drug-likeness (QED) is 0.775. The molecule has 2 N–H and O–H groups in total. The summed E-state index contributed by atoms with van der Waals surface area (Å²) in [6.07, 6.45) is 0. The Morgan fingerprint density at radius 3 is 2.95 bits per heavy atom. The lowest BCUT2D eigenvalue weighted by Gasteiger charge is -2.14. The van der Waals surface area contributed by atoms with Crippen LogP contribution in [0.5, 0.6) is 0 Å². The second kappa shape index (κ2) is 5.62. The van der Waals surface area contributed by atoms with Gasteiger partial charge < -0.3 is 9.73 Å². The van der Waals surface area contributed by atoms with Crippen LogP contribution in [-0.2, 0) is 13.6 Å². The van der Waals surface area contributed by atoms with Crippen molar-refractivity contribution in [3.05, 3.63) is 50.7 Å². The van der Waals surface area contributed by atoms with Crippen LogP contribution in [0.1, 0.15) is 29.9 Å². The first-order chi connectivity index (χ1) is 10.5. The van der Waals surface area contributed by atoms with Crippen molar-refractivity contribution in [1.82, 2.24) is 20.1 Å². The Morgan fingerprint density at radius 2 is 2.27 bits per heavy atom. The van der Waals surface area contributed by atoms with E-state index in [1.807, 2.05) is 39.1 Å². The molecule has 3 rings (SSSR count). The summed E-state index contributed by atoms with van der Waals surface area (Å²) in [6.45, 7) is 4.53. The molecule has 0 aliphatic rings. The Morgan fingerprint density at radius 1 is 1.50 bits per heavy atom. The zero-order chi connectivity index (χ0) is 15.9. The Kier molecular flexibility index (Phi) is 3.80. The van der Waals surface area contributed by atoms with Crippen molar-refractivity contribution in [3.63, 3.8) is 0 Å². The molecule has 0 spiro atoms. The molecule has 0 saturated heterocycles. The van der Waals surface area contributed by atoms with Crippen molar-refractivity contribution in [2.75, 3.05) is 0 Å². The van der Waals surface area contributed by atoms with Crippen LogP contribution in [0.4, 0.5) is 0 Å². The highest BCUT2D eigenvalue weighted by atomic mass is 35.5. The van der Waals surface area contributed by atoms with Gasteiger partial charge in [-0.3, -0.25) is 9.67 Å². The van der Waals surface area contributed by atoms with Crippen molar-refractivity contribution in [2.24, 2.45) is 7.05 Å². The monoisotopic (exact) mass is 320 g/mol. The number of halogens is 1. The van der Waals surface area contributed by atoms with Crippen LogP contribution < -0.4 is 11.1 Å². The van der Waals surface area contributed by atoms with E-state index in [2.05, 4.69) is 15.4 Å². The van der Waals surface area contributed by atoms with Gasteiger partial charge in [0.25, 0.3) is 0 Å².